The van der Waals surface area contributed by atoms with E-state index in [1.807, 2.05) is 0 Å². The highest BCUT2D eigenvalue weighted by molar-refractivity contribution is 5.69. The Hall–Kier alpha value is -1.98. The molecule has 0 bridgehead atoms. The molecule has 0 N–H and O–H groups in total. The summed E-state index contributed by atoms with van der Waals surface area (Å²) >= 11 is 0. The second-order valence-electron chi connectivity index (χ2n) is 5.49. The van der Waals surface area contributed by atoms with E-state index in [1.165, 1.54) is 12.5 Å². The van der Waals surface area contributed by atoms with Crippen molar-refractivity contribution in [3.63, 3.8) is 0 Å². The lowest BCUT2D eigenvalue weighted by Gasteiger charge is -2.06. The number of esters is 2. The molecule has 0 aliphatic rings. The summed E-state index contributed by atoms with van der Waals surface area (Å²) in [4.78, 5) is 23.0. The van der Waals surface area contributed by atoms with Gasteiger partial charge >= 0.3 is 11.9 Å². The van der Waals surface area contributed by atoms with Gasteiger partial charge in [-0.15, -0.1) is 0 Å². The van der Waals surface area contributed by atoms with Crippen molar-refractivity contribution < 1.29 is 28.5 Å². The van der Waals surface area contributed by atoms with E-state index in [2.05, 4.69) is 13.2 Å². The van der Waals surface area contributed by atoms with E-state index in [1.54, 1.807) is 0 Å². The van der Waals surface area contributed by atoms with Crippen molar-refractivity contribution in [2.24, 2.45) is 0 Å². The number of hydrogen-bond donors (Lipinski definition) is 0. The molecule has 25 heavy (non-hydrogen) atoms. The van der Waals surface area contributed by atoms with Crippen LogP contribution in [0.3, 0.4) is 0 Å². The Labute approximate surface area is 151 Å². The van der Waals surface area contributed by atoms with Gasteiger partial charge in [-0.2, -0.15) is 0 Å². The zero-order chi connectivity index (χ0) is 18.6. The number of rotatable bonds is 18. The third-order valence-corrected chi connectivity index (χ3v) is 3.34. The standard InChI is InChI=1S/C19H32O6/c1-3-22-14-8-10-16-24-18(20)12-6-5-7-13-19(21)25-17-11-9-15-23-4-2/h3-4H,1-2,5-17H2. The van der Waals surface area contributed by atoms with E-state index >= 15 is 0 Å². The molecule has 6 heteroatoms. The van der Waals surface area contributed by atoms with Crippen molar-refractivity contribution in [2.45, 2.75) is 57.8 Å². The second-order valence-corrected chi connectivity index (χ2v) is 5.49. The summed E-state index contributed by atoms with van der Waals surface area (Å²) in [6.07, 6.45) is 9.09. The third-order valence-electron chi connectivity index (χ3n) is 3.34. The van der Waals surface area contributed by atoms with Crippen LogP contribution in [0.5, 0.6) is 0 Å². The van der Waals surface area contributed by atoms with Crippen molar-refractivity contribution in [1.82, 2.24) is 0 Å². The molecule has 0 unspecified atom stereocenters. The third kappa shape index (κ3) is 18.2. The average Bonchev–Trinajstić information content (AvgIpc) is 2.60. The van der Waals surface area contributed by atoms with Crippen LogP contribution in [-0.2, 0) is 28.5 Å². The van der Waals surface area contributed by atoms with Crippen molar-refractivity contribution in [3.05, 3.63) is 25.7 Å². The largest absolute Gasteiger partial charge is 0.502 e. The maximum atomic E-state index is 11.5. The van der Waals surface area contributed by atoms with Gasteiger partial charge in [-0.1, -0.05) is 19.6 Å². The van der Waals surface area contributed by atoms with Crippen molar-refractivity contribution in [3.8, 4) is 0 Å². The fourth-order valence-corrected chi connectivity index (χ4v) is 1.97. The zero-order valence-corrected chi connectivity index (χ0v) is 15.2. The normalized spacial score (nSPS) is 9.92. The summed E-state index contributed by atoms with van der Waals surface area (Å²) in [5.41, 5.74) is 0. The molecule has 0 saturated heterocycles. The van der Waals surface area contributed by atoms with Crippen molar-refractivity contribution >= 4 is 11.9 Å². The van der Waals surface area contributed by atoms with Crippen LogP contribution in [0.25, 0.3) is 0 Å². The Morgan fingerprint density at radius 1 is 0.600 bits per heavy atom. The van der Waals surface area contributed by atoms with Crippen LogP contribution >= 0.6 is 0 Å². The van der Waals surface area contributed by atoms with Gasteiger partial charge < -0.3 is 18.9 Å². The Morgan fingerprint density at radius 3 is 1.40 bits per heavy atom. The van der Waals surface area contributed by atoms with E-state index < -0.39 is 0 Å². The number of hydrogen-bond acceptors (Lipinski definition) is 6. The number of unbranched alkanes of at least 4 members (excludes halogenated alkanes) is 4. The fourth-order valence-electron chi connectivity index (χ4n) is 1.97. The van der Waals surface area contributed by atoms with Crippen molar-refractivity contribution in [1.29, 1.82) is 0 Å². The lowest BCUT2D eigenvalue weighted by molar-refractivity contribution is -0.144. The van der Waals surface area contributed by atoms with Gasteiger partial charge in [-0.05, 0) is 38.5 Å². The smallest absolute Gasteiger partial charge is 0.305 e. The summed E-state index contributed by atoms with van der Waals surface area (Å²) in [5, 5.41) is 0. The summed E-state index contributed by atoms with van der Waals surface area (Å²) in [6, 6.07) is 0. The first-order valence-corrected chi connectivity index (χ1v) is 8.97. The summed E-state index contributed by atoms with van der Waals surface area (Å²) in [6.45, 7) is 8.94. The van der Waals surface area contributed by atoms with Crippen LogP contribution in [0, 0.1) is 0 Å². The van der Waals surface area contributed by atoms with E-state index in [0.29, 0.717) is 39.3 Å². The lowest BCUT2D eigenvalue weighted by atomic mass is 10.1. The molecule has 0 heterocycles. The summed E-state index contributed by atoms with van der Waals surface area (Å²) in [5.74, 6) is -0.372. The van der Waals surface area contributed by atoms with Crippen LogP contribution in [0.2, 0.25) is 0 Å². The predicted octanol–water partition coefficient (Wildman–Crippen LogP) is 3.90. The summed E-state index contributed by atoms with van der Waals surface area (Å²) in [7, 11) is 0. The molecule has 0 aliphatic heterocycles. The molecule has 0 amide bonds. The number of carbonyl (C=O) groups excluding carboxylic acids is 2. The van der Waals surface area contributed by atoms with Gasteiger partial charge in [0.05, 0.1) is 39.0 Å². The van der Waals surface area contributed by atoms with Gasteiger partial charge in [0.2, 0.25) is 0 Å². The minimum Gasteiger partial charge on any atom is -0.502 e. The molecule has 6 nitrogen and oxygen atoms in total. The average molecular weight is 356 g/mol. The Morgan fingerprint density at radius 2 is 1.00 bits per heavy atom. The zero-order valence-electron chi connectivity index (χ0n) is 15.2. The van der Waals surface area contributed by atoms with Crippen LogP contribution in [-0.4, -0.2) is 38.4 Å². The molecule has 0 rings (SSSR count). The van der Waals surface area contributed by atoms with E-state index in [-0.39, 0.29) is 11.9 Å². The van der Waals surface area contributed by atoms with Crippen molar-refractivity contribution in [2.75, 3.05) is 26.4 Å². The molecule has 0 spiro atoms. The maximum Gasteiger partial charge on any atom is 0.305 e. The van der Waals surface area contributed by atoms with Crippen LogP contribution in [0.15, 0.2) is 25.7 Å². The number of carbonyl (C=O) groups is 2. The molecule has 0 saturated carbocycles. The first-order valence-electron chi connectivity index (χ1n) is 8.97. The molecule has 0 fully saturated rings. The molecule has 0 aromatic heterocycles. The highest BCUT2D eigenvalue weighted by atomic mass is 16.5. The first-order chi connectivity index (χ1) is 12.2. The molecule has 0 atom stereocenters. The molecule has 0 radical (unpaired) electrons. The predicted molar refractivity (Wildman–Crippen MR) is 95.8 cm³/mol. The topological polar surface area (TPSA) is 71.1 Å². The molecular formula is C19H32O6. The summed E-state index contributed by atoms with van der Waals surface area (Å²) < 4.78 is 20.2. The first kappa shape index (κ1) is 23.0. The number of ether oxygens (including phenoxy) is 4. The van der Waals surface area contributed by atoms with Gasteiger partial charge in [0.1, 0.15) is 0 Å². The minimum atomic E-state index is -0.186. The van der Waals surface area contributed by atoms with Crippen LogP contribution in [0.1, 0.15) is 57.8 Å². The maximum absolute atomic E-state index is 11.5. The molecule has 0 aliphatic carbocycles. The molecular weight excluding hydrogens is 324 g/mol. The SMILES string of the molecule is C=COCCCCOC(=O)CCCCCC(=O)OCCCCOC=C. The Kier molecular flexibility index (Phi) is 16.9. The fraction of sp³-hybridized carbons (Fsp3) is 0.684. The highest BCUT2D eigenvalue weighted by Gasteiger charge is 2.05. The lowest BCUT2D eigenvalue weighted by Crippen LogP contribution is -2.07. The quantitative estimate of drug-likeness (QED) is 0.211. The monoisotopic (exact) mass is 356 g/mol. The van der Waals surface area contributed by atoms with Crippen LogP contribution in [0.4, 0.5) is 0 Å². The second kappa shape index (κ2) is 18.4. The van der Waals surface area contributed by atoms with Gasteiger partial charge in [0.25, 0.3) is 0 Å². The van der Waals surface area contributed by atoms with E-state index in [4.69, 9.17) is 18.9 Å². The van der Waals surface area contributed by atoms with Gasteiger partial charge in [-0.25, -0.2) is 0 Å². The molecule has 0 aromatic carbocycles. The Bertz CT molecular complexity index is 333. The van der Waals surface area contributed by atoms with Gasteiger partial charge in [0, 0.05) is 12.8 Å². The Balaban J connectivity index is 3.32. The van der Waals surface area contributed by atoms with Gasteiger partial charge in [-0.3, -0.25) is 9.59 Å². The molecule has 144 valence electrons. The van der Waals surface area contributed by atoms with E-state index in [0.717, 1.165) is 44.9 Å². The van der Waals surface area contributed by atoms with Gasteiger partial charge in [0.15, 0.2) is 0 Å². The minimum absolute atomic E-state index is 0.186. The molecule has 0 aromatic rings. The van der Waals surface area contributed by atoms with E-state index in [9.17, 15) is 9.59 Å². The highest BCUT2D eigenvalue weighted by Crippen LogP contribution is 2.06. The van der Waals surface area contributed by atoms with Crippen LogP contribution < -0.4 is 0 Å².